The highest BCUT2D eigenvalue weighted by Gasteiger charge is 2.21. The summed E-state index contributed by atoms with van der Waals surface area (Å²) >= 11 is 1.48. The first kappa shape index (κ1) is 14.0. The fourth-order valence-corrected chi connectivity index (χ4v) is 3.74. The van der Waals surface area contributed by atoms with Crippen LogP contribution in [0, 0.1) is 12.7 Å². The summed E-state index contributed by atoms with van der Waals surface area (Å²) in [5.41, 5.74) is 5.42. The summed E-state index contributed by atoms with van der Waals surface area (Å²) in [4.78, 5) is 1.44. The third kappa shape index (κ3) is 3.12. The fraction of sp³-hybridized carbons (Fsp3) is 0.167. The lowest BCUT2D eigenvalue weighted by atomic mass is 10.3. The molecule has 0 fully saturated rings. The highest BCUT2D eigenvalue weighted by Crippen LogP contribution is 2.22. The van der Waals surface area contributed by atoms with Gasteiger partial charge in [0.25, 0.3) is 0 Å². The van der Waals surface area contributed by atoms with Crippen LogP contribution < -0.4 is 10.5 Å². The van der Waals surface area contributed by atoms with E-state index in [1.807, 2.05) is 19.1 Å². The van der Waals surface area contributed by atoms with Crippen LogP contribution >= 0.6 is 11.3 Å². The van der Waals surface area contributed by atoms with E-state index >= 15 is 0 Å². The van der Waals surface area contributed by atoms with Crippen molar-refractivity contribution in [1.82, 2.24) is 4.72 Å². The molecule has 0 radical (unpaired) electrons. The molecule has 1 heterocycles. The fourth-order valence-electron chi connectivity index (χ4n) is 1.63. The molecule has 0 aliphatic rings. The molecule has 7 heteroatoms. The van der Waals surface area contributed by atoms with Crippen LogP contribution in [0.2, 0.25) is 0 Å². The lowest BCUT2D eigenvalue weighted by Gasteiger charge is -2.09. The normalized spacial score (nSPS) is 11.7. The maximum Gasteiger partial charge on any atom is 0.245 e. The molecule has 0 amide bonds. The number of sulfonamides is 1. The molecule has 1 aromatic heterocycles. The summed E-state index contributed by atoms with van der Waals surface area (Å²) in [6.07, 6.45) is 0. The first-order valence-corrected chi connectivity index (χ1v) is 7.79. The monoisotopic (exact) mass is 300 g/mol. The maximum atomic E-state index is 13.6. The molecule has 0 saturated carbocycles. The van der Waals surface area contributed by atoms with Gasteiger partial charge in [-0.3, -0.25) is 0 Å². The molecular weight excluding hydrogens is 287 g/mol. The van der Waals surface area contributed by atoms with Crippen molar-refractivity contribution in [3.63, 3.8) is 0 Å². The van der Waals surface area contributed by atoms with Crippen molar-refractivity contribution >= 4 is 27.0 Å². The van der Waals surface area contributed by atoms with Gasteiger partial charge in [0.2, 0.25) is 10.0 Å². The Hall–Kier alpha value is -1.44. The lowest BCUT2D eigenvalue weighted by Crippen LogP contribution is -2.24. The van der Waals surface area contributed by atoms with Crippen molar-refractivity contribution in [2.45, 2.75) is 18.4 Å². The Kier molecular flexibility index (Phi) is 3.88. The Morgan fingerprint density at radius 1 is 1.32 bits per heavy atom. The number of nitrogen functional groups attached to an aromatic ring is 1. The third-order valence-corrected chi connectivity index (χ3v) is 4.99. The van der Waals surface area contributed by atoms with Crippen molar-refractivity contribution in [1.29, 1.82) is 0 Å². The van der Waals surface area contributed by atoms with Crippen molar-refractivity contribution in [3.8, 4) is 0 Å². The van der Waals surface area contributed by atoms with Gasteiger partial charge in [-0.15, -0.1) is 11.3 Å². The van der Waals surface area contributed by atoms with Gasteiger partial charge in [-0.1, -0.05) is 6.07 Å². The van der Waals surface area contributed by atoms with E-state index in [9.17, 15) is 12.8 Å². The Morgan fingerprint density at radius 3 is 2.63 bits per heavy atom. The van der Waals surface area contributed by atoms with E-state index < -0.39 is 20.7 Å². The number of nitrogens with one attached hydrogen (secondary N) is 1. The number of benzene rings is 1. The van der Waals surface area contributed by atoms with E-state index in [-0.39, 0.29) is 12.2 Å². The summed E-state index contributed by atoms with van der Waals surface area (Å²) in [6.45, 7) is 2.05. The van der Waals surface area contributed by atoms with Crippen LogP contribution in [-0.4, -0.2) is 8.42 Å². The number of hydrogen-bond donors (Lipinski definition) is 2. The van der Waals surface area contributed by atoms with Gasteiger partial charge in [-0.25, -0.2) is 17.5 Å². The molecule has 0 atom stereocenters. The minimum atomic E-state index is -3.95. The average Bonchev–Trinajstić information content (AvgIpc) is 2.72. The van der Waals surface area contributed by atoms with Crippen LogP contribution in [0.1, 0.15) is 9.75 Å². The SMILES string of the molecule is Cc1ccc(CNS(=O)(=O)c2c(N)cccc2F)s1. The highest BCUT2D eigenvalue weighted by atomic mass is 32.2. The summed E-state index contributed by atoms with van der Waals surface area (Å²) in [5.74, 6) is -0.852. The van der Waals surface area contributed by atoms with Gasteiger partial charge in [-0.2, -0.15) is 0 Å². The van der Waals surface area contributed by atoms with Crippen molar-refractivity contribution in [3.05, 3.63) is 45.9 Å². The van der Waals surface area contributed by atoms with Gasteiger partial charge in [0.05, 0.1) is 5.69 Å². The molecule has 0 unspecified atom stereocenters. The van der Waals surface area contributed by atoms with E-state index in [1.54, 1.807) is 0 Å². The molecule has 3 N–H and O–H groups in total. The van der Waals surface area contributed by atoms with Gasteiger partial charge in [0, 0.05) is 16.3 Å². The number of nitrogens with two attached hydrogens (primary N) is 1. The van der Waals surface area contributed by atoms with E-state index in [1.165, 1.54) is 23.5 Å². The van der Waals surface area contributed by atoms with Crippen LogP contribution in [0.3, 0.4) is 0 Å². The predicted octanol–water partition coefficient (Wildman–Crippen LogP) is 2.26. The van der Waals surface area contributed by atoms with E-state index in [4.69, 9.17) is 5.73 Å². The van der Waals surface area contributed by atoms with Crippen molar-refractivity contribution in [2.24, 2.45) is 0 Å². The molecule has 19 heavy (non-hydrogen) atoms. The number of rotatable bonds is 4. The van der Waals surface area contributed by atoms with Gasteiger partial charge in [-0.05, 0) is 31.2 Å². The van der Waals surface area contributed by atoms with Gasteiger partial charge >= 0.3 is 0 Å². The van der Waals surface area contributed by atoms with E-state index in [0.29, 0.717) is 0 Å². The maximum absolute atomic E-state index is 13.6. The van der Waals surface area contributed by atoms with Crippen molar-refractivity contribution in [2.75, 3.05) is 5.73 Å². The zero-order chi connectivity index (χ0) is 14.0. The first-order valence-electron chi connectivity index (χ1n) is 5.49. The number of thiophene rings is 1. The average molecular weight is 300 g/mol. The van der Waals surface area contributed by atoms with Crippen LogP contribution in [0.25, 0.3) is 0 Å². The number of anilines is 1. The Balaban J connectivity index is 2.23. The zero-order valence-electron chi connectivity index (χ0n) is 10.2. The van der Waals surface area contributed by atoms with Gasteiger partial charge in [0.15, 0.2) is 0 Å². The summed E-state index contributed by atoms with van der Waals surface area (Å²) in [7, 11) is -3.95. The zero-order valence-corrected chi connectivity index (χ0v) is 11.8. The smallest absolute Gasteiger partial charge is 0.245 e. The largest absolute Gasteiger partial charge is 0.398 e. The van der Waals surface area contributed by atoms with E-state index in [0.717, 1.165) is 15.8 Å². The molecule has 102 valence electrons. The summed E-state index contributed by atoms with van der Waals surface area (Å²) in [5, 5.41) is 0. The second kappa shape index (κ2) is 5.28. The second-order valence-corrected chi connectivity index (χ2v) is 7.07. The number of halogens is 1. The molecule has 0 saturated heterocycles. The van der Waals surface area contributed by atoms with Crippen LogP contribution in [0.5, 0.6) is 0 Å². The number of aryl methyl sites for hydroxylation is 1. The van der Waals surface area contributed by atoms with Crippen LogP contribution in [0.4, 0.5) is 10.1 Å². The standard InChI is InChI=1S/C12H13FN2O2S2/c1-8-5-6-9(18-8)7-15-19(16,17)12-10(13)3-2-4-11(12)14/h2-6,15H,7,14H2,1H3. The third-order valence-electron chi connectivity index (χ3n) is 2.50. The summed E-state index contributed by atoms with van der Waals surface area (Å²) in [6, 6.07) is 7.51. The highest BCUT2D eigenvalue weighted by molar-refractivity contribution is 7.89. The Morgan fingerprint density at radius 2 is 2.05 bits per heavy atom. The topological polar surface area (TPSA) is 72.2 Å². The van der Waals surface area contributed by atoms with Gasteiger partial charge in [0.1, 0.15) is 10.7 Å². The van der Waals surface area contributed by atoms with E-state index in [2.05, 4.69) is 4.72 Å². The molecule has 0 aliphatic heterocycles. The predicted molar refractivity (Wildman–Crippen MR) is 73.9 cm³/mol. The van der Waals surface area contributed by atoms with Crippen molar-refractivity contribution < 1.29 is 12.8 Å². The lowest BCUT2D eigenvalue weighted by molar-refractivity contribution is 0.558. The molecule has 0 aliphatic carbocycles. The van der Waals surface area contributed by atoms with Crippen LogP contribution in [0.15, 0.2) is 35.2 Å². The molecule has 4 nitrogen and oxygen atoms in total. The summed E-state index contributed by atoms with van der Waals surface area (Å²) < 4.78 is 40.0. The Bertz CT molecular complexity index is 675. The molecular formula is C12H13FN2O2S2. The molecule has 2 aromatic rings. The minimum absolute atomic E-state index is 0.102. The minimum Gasteiger partial charge on any atom is -0.398 e. The number of hydrogen-bond acceptors (Lipinski definition) is 4. The Labute approximate surface area is 115 Å². The molecule has 1 aromatic carbocycles. The molecule has 0 spiro atoms. The quantitative estimate of drug-likeness (QED) is 0.851. The molecule has 0 bridgehead atoms. The van der Waals surface area contributed by atoms with Gasteiger partial charge < -0.3 is 5.73 Å². The first-order chi connectivity index (χ1) is 8.90. The second-order valence-electron chi connectivity index (χ2n) is 4.00. The van der Waals surface area contributed by atoms with Crippen LogP contribution in [-0.2, 0) is 16.6 Å². The molecule has 2 rings (SSSR count).